The molecule has 3 aromatic carbocycles. The van der Waals surface area contributed by atoms with Crippen molar-refractivity contribution in [2.45, 2.75) is 10.9 Å². The number of thioether (sulfide) groups is 1. The first kappa shape index (κ1) is 19.8. The van der Waals surface area contributed by atoms with E-state index >= 15 is 0 Å². The molecule has 0 saturated carbocycles. The zero-order valence-electron chi connectivity index (χ0n) is 17.7. The third-order valence-electron chi connectivity index (χ3n) is 5.48. The van der Waals surface area contributed by atoms with E-state index in [1.807, 2.05) is 34.8 Å². The summed E-state index contributed by atoms with van der Waals surface area (Å²) in [6.07, 6.45) is 1.78. The second kappa shape index (κ2) is 8.60. The smallest absolute Gasteiger partial charge is 0.253 e. The summed E-state index contributed by atoms with van der Waals surface area (Å²) in [6.45, 7) is 1.18. The Morgan fingerprint density at radius 3 is 2.39 bits per heavy atom. The van der Waals surface area contributed by atoms with Crippen molar-refractivity contribution in [3.05, 3.63) is 90.6 Å². The van der Waals surface area contributed by atoms with Crippen LogP contribution in [0.2, 0.25) is 0 Å². The number of fused-ring (bicyclic) bond motifs is 2. The molecule has 0 amide bonds. The number of hydrogen-bond acceptors (Lipinski definition) is 6. The molecule has 0 radical (unpaired) electrons. The zero-order chi connectivity index (χ0) is 22.0. The van der Waals surface area contributed by atoms with E-state index in [-0.39, 0.29) is 0 Å². The van der Waals surface area contributed by atoms with E-state index in [1.54, 1.807) is 18.0 Å². The van der Waals surface area contributed by atoms with Gasteiger partial charge in [-0.1, -0.05) is 72.4 Å². The topological polar surface area (TPSA) is 61.5 Å². The minimum absolute atomic E-state index is 0.582. The molecule has 0 unspecified atom stereocenters. The van der Waals surface area contributed by atoms with Gasteiger partial charge in [-0.3, -0.25) is 0 Å². The van der Waals surface area contributed by atoms with Crippen LogP contribution < -0.4 is 9.47 Å². The lowest BCUT2D eigenvalue weighted by molar-refractivity contribution is 0.171. The summed E-state index contributed by atoms with van der Waals surface area (Å²) >= 11 is 1.57. The Balaban J connectivity index is 1.24. The zero-order valence-corrected chi connectivity index (χ0v) is 18.5. The Morgan fingerprint density at radius 1 is 0.788 bits per heavy atom. The van der Waals surface area contributed by atoms with Crippen LogP contribution in [0.3, 0.4) is 0 Å². The summed E-state index contributed by atoms with van der Waals surface area (Å²) in [7, 11) is 0. The van der Waals surface area contributed by atoms with Crippen LogP contribution in [-0.4, -0.2) is 32.8 Å². The normalized spacial score (nSPS) is 12.7. The highest BCUT2D eigenvalue weighted by atomic mass is 32.2. The number of hydrogen-bond donors (Lipinski definition) is 0. The monoisotopic (exact) mass is 452 g/mol. The molecule has 0 atom stereocenters. The second-order valence-electron chi connectivity index (χ2n) is 7.65. The lowest BCUT2D eigenvalue weighted by atomic mass is 10.0. The fourth-order valence-corrected chi connectivity index (χ4v) is 4.61. The van der Waals surface area contributed by atoms with Gasteiger partial charge in [0.15, 0.2) is 11.5 Å². The summed E-state index contributed by atoms with van der Waals surface area (Å²) in [6, 6.07) is 26.8. The first-order valence-corrected chi connectivity index (χ1v) is 11.7. The molecule has 0 aliphatic carbocycles. The number of ether oxygens (including phenoxy) is 2. The third-order valence-corrected chi connectivity index (χ3v) is 6.39. The van der Waals surface area contributed by atoms with E-state index in [2.05, 4.69) is 58.5 Å². The highest BCUT2D eigenvalue weighted by molar-refractivity contribution is 7.98. The van der Waals surface area contributed by atoms with Crippen LogP contribution in [0.4, 0.5) is 0 Å². The van der Waals surface area contributed by atoms with Gasteiger partial charge >= 0.3 is 0 Å². The van der Waals surface area contributed by atoms with Crippen molar-refractivity contribution < 1.29 is 9.47 Å². The predicted octanol–water partition coefficient (Wildman–Crippen LogP) is 5.52. The molecule has 162 valence electrons. The van der Waals surface area contributed by atoms with E-state index in [4.69, 9.17) is 14.6 Å². The predicted molar refractivity (Wildman–Crippen MR) is 129 cm³/mol. The van der Waals surface area contributed by atoms with E-state index in [0.717, 1.165) is 34.1 Å². The van der Waals surface area contributed by atoms with Gasteiger partial charge in [0.25, 0.3) is 5.78 Å². The van der Waals surface area contributed by atoms with Gasteiger partial charge in [0.2, 0.25) is 5.16 Å². The molecule has 0 spiro atoms. The van der Waals surface area contributed by atoms with Crippen LogP contribution in [0.1, 0.15) is 5.56 Å². The van der Waals surface area contributed by atoms with Gasteiger partial charge in [-0.2, -0.15) is 9.50 Å². The van der Waals surface area contributed by atoms with Gasteiger partial charge < -0.3 is 9.47 Å². The fourth-order valence-electron chi connectivity index (χ4n) is 3.84. The molecule has 6 rings (SSSR count). The van der Waals surface area contributed by atoms with Gasteiger partial charge in [-0.15, -0.1) is 5.10 Å². The average Bonchev–Trinajstić information content (AvgIpc) is 3.31. The summed E-state index contributed by atoms with van der Waals surface area (Å²) in [5.41, 5.74) is 5.53. The molecule has 0 bridgehead atoms. The first-order chi connectivity index (χ1) is 16.3. The van der Waals surface area contributed by atoms with Crippen molar-refractivity contribution in [3.63, 3.8) is 0 Å². The largest absolute Gasteiger partial charge is 0.486 e. The van der Waals surface area contributed by atoms with Crippen molar-refractivity contribution in [2.24, 2.45) is 0 Å². The highest BCUT2D eigenvalue weighted by Crippen LogP contribution is 2.33. The van der Waals surface area contributed by atoms with E-state index in [9.17, 15) is 0 Å². The van der Waals surface area contributed by atoms with Crippen molar-refractivity contribution in [1.82, 2.24) is 19.6 Å². The van der Waals surface area contributed by atoms with Gasteiger partial charge in [-0.25, -0.2) is 4.98 Å². The number of benzene rings is 3. The lowest BCUT2D eigenvalue weighted by Gasteiger charge is -2.18. The van der Waals surface area contributed by atoms with Gasteiger partial charge in [0, 0.05) is 17.5 Å². The molecule has 2 aromatic heterocycles. The number of aromatic nitrogens is 4. The Hall–Kier alpha value is -3.84. The summed E-state index contributed by atoms with van der Waals surface area (Å²) in [5, 5.41) is 5.41. The van der Waals surface area contributed by atoms with Gasteiger partial charge in [-0.05, 0) is 34.9 Å². The Morgan fingerprint density at radius 2 is 1.55 bits per heavy atom. The van der Waals surface area contributed by atoms with E-state index < -0.39 is 0 Å². The van der Waals surface area contributed by atoms with Crippen LogP contribution in [0.25, 0.3) is 28.2 Å². The number of rotatable bonds is 5. The van der Waals surface area contributed by atoms with Crippen molar-refractivity contribution in [3.8, 4) is 33.9 Å². The molecule has 33 heavy (non-hydrogen) atoms. The number of nitrogens with zero attached hydrogens (tertiary/aromatic N) is 4. The maximum absolute atomic E-state index is 5.69. The molecule has 0 fully saturated rings. The molecule has 3 heterocycles. The Kier molecular flexibility index (Phi) is 5.16. The standard InChI is InChI=1S/C26H20N4O2S/c1-2-4-19(5-3-1)20-7-9-21(10-8-20)22-12-13-27-25-28-26(29-30(22)25)33-17-18-6-11-23-24(16-18)32-15-14-31-23/h1-13,16H,14-15,17H2. The molecule has 1 aliphatic rings. The quantitative estimate of drug-likeness (QED) is 0.327. The van der Waals surface area contributed by atoms with Gasteiger partial charge in [0.1, 0.15) is 13.2 Å². The Bertz CT molecular complexity index is 1420. The van der Waals surface area contributed by atoms with E-state index in [0.29, 0.717) is 24.1 Å². The molecular formula is C26H20N4O2S. The summed E-state index contributed by atoms with van der Waals surface area (Å²) in [5.74, 6) is 2.91. The highest BCUT2D eigenvalue weighted by Gasteiger charge is 2.14. The molecule has 6 nitrogen and oxygen atoms in total. The van der Waals surface area contributed by atoms with Crippen molar-refractivity contribution >= 4 is 17.5 Å². The summed E-state index contributed by atoms with van der Waals surface area (Å²) in [4.78, 5) is 9.02. The molecule has 0 saturated heterocycles. The SMILES string of the molecule is c1ccc(-c2ccc(-c3ccnc4nc(SCc5ccc6c(c5)OCCO6)nn34)cc2)cc1. The first-order valence-electron chi connectivity index (χ1n) is 10.7. The Labute approximate surface area is 195 Å². The van der Waals surface area contributed by atoms with Crippen molar-refractivity contribution in [1.29, 1.82) is 0 Å². The van der Waals surface area contributed by atoms with Crippen LogP contribution in [-0.2, 0) is 5.75 Å². The maximum atomic E-state index is 5.69. The van der Waals surface area contributed by atoms with Crippen LogP contribution >= 0.6 is 11.8 Å². The molecule has 7 heteroatoms. The molecule has 1 aliphatic heterocycles. The minimum atomic E-state index is 0.582. The second-order valence-corrected chi connectivity index (χ2v) is 8.59. The van der Waals surface area contributed by atoms with Crippen molar-refractivity contribution in [2.75, 3.05) is 13.2 Å². The average molecular weight is 453 g/mol. The van der Waals surface area contributed by atoms with Gasteiger partial charge in [0.05, 0.1) is 5.69 Å². The minimum Gasteiger partial charge on any atom is -0.486 e. The van der Waals surface area contributed by atoms with E-state index in [1.165, 1.54) is 11.1 Å². The molecular weight excluding hydrogens is 432 g/mol. The fraction of sp³-hybridized carbons (Fsp3) is 0.115. The summed E-state index contributed by atoms with van der Waals surface area (Å²) < 4.78 is 13.1. The molecule has 0 N–H and O–H groups in total. The van der Waals surface area contributed by atoms with Crippen LogP contribution in [0, 0.1) is 0 Å². The third kappa shape index (κ3) is 4.03. The van der Waals surface area contributed by atoms with Crippen LogP contribution in [0.5, 0.6) is 11.5 Å². The lowest BCUT2D eigenvalue weighted by Crippen LogP contribution is -2.15. The maximum Gasteiger partial charge on any atom is 0.253 e. The van der Waals surface area contributed by atoms with Crippen LogP contribution in [0.15, 0.2) is 90.2 Å². The molecule has 5 aromatic rings.